The maximum absolute atomic E-state index is 11.1. The van der Waals surface area contributed by atoms with Crippen molar-refractivity contribution in [2.24, 2.45) is 5.73 Å². The van der Waals surface area contributed by atoms with E-state index in [1.807, 2.05) is 0 Å². The van der Waals surface area contributed by atoms with Crippen LogP contribution in [0.5, 0.6) is 0 Å². The third kappa shape index (κ3) is 7.95. The number of esters is 1. The van der Waals surface area contributed by atoms with Crippen molar-refractivity contribution in [3.8, 4) is 0 Å². The monoisotopic (exact) mass is 230 g/mol. The van der Waals surface area contributed by atoms with E-state index in [1.54, 1.807) is 6.92 Å². The molecule has 0 aromatic rings. The fourth-order valence-corrected chi connectivity index (χ4v) is 0.862. The van der Waals surface area contributed by atoms with Crippen LogP contribution in [0.25, 0.3) is 0 Å². The number of carbonyl (C=O) groups is 2. The summed E-state index contributed by atoms with van der Waals surface area (Å²) >= 11 is 0. The van der Waals surface area contributed by atoms with Gasteiger partial charge in [0.05, 0.1) is 13.2 Å². The maximum atomic E-state index is 11.1. The van der Waals surface area contributed by atoms with Gasteiger partial charge in [0.2, 0.25) is 5.91 Å². The number of ether oxygens (including phenoxy) is 2. The lowest BCUT2D eigenvalue weighted by Crippen LogP contribution is -2.27. The molecule has 0 saturated heterocycles. The molecule has 0 aromatic carbocycles. The topological polar surface area (TPSA) is 90.6 Å². The second-order valence-electron chi connectivity index (χ2n) is 3.02. The molecule has 0 aromatic heterocycles. The highest BCUT2D eigenvalue weighted by Crippen LogP contribution is 1.92. The van der Waals surface area contributed by atoms with Crippen LogP contribution < -0.4 is 11.1 Å². The minimum absolute atomic E-state index is 0.0967. The van der Waals surface area contributed by atoms with Crippen molar-refractivity contribution in [1.82, 2.24) is 5.32 Å². The van der Waals surface area contributed by atoms with Crippen molar-refractivity contribution in [3.05, 3.63) is 12.2 Å². The van der Waals surface area contributed by atoms with Gasteiger partial charge < -0.3 is 20.5 Å². The van der Waals surface area contributed by atoms with E-state index in [9.17, 15) is 9.59 Å². The summed E-state index contributed by atoms with van der Waals surface area (Å²) in [4.78, 5) is 21.4. The van der Waals surface area contributed by atoms with Crippen molar-refractivity contribution in [2.75, 3.05) is 32.9 Å². The van der Waals surface area contributed by atoms with Gasteiger partial charge in [-0.3, -0.25) is 4.79 Å². The lowest BCUT2D eigenvalue weighted by Gasteiger charge is -2.07. The summed E-state index contributed by atoms with van der Waals surface area (Å²) in [6.45, 7) is 6.72. The average molecular weight is 230 g/mol. The number of primary amides is 1. The largest absolute Gasteiger partial charge is 0.463 e. The third-order valence-corrected chi connectivity index (χ3v) is 1.57. The van der Waals surface area contributed by atoms with Gasteiger partial charge in [-0.1, -0.05) is 6.58 Å². The van der Waals surface area contributed by atoms with Crippen molar-refractivity contribution >= 4 is 11.9 Å². The van der Waals surface area contributed by atoms with Crippen molar-refractivity contribution in [3.63, 3.8) is 0 Å². The van der Waals surface area contributed by atoms with E-state index in [1.165, 1.54) is 0 Å². The minimum atomic E-state index is -0.504. The van der Waals surface area contributed by atoms with Gasteiger partial charge in [-0.2, -0.15) is 0 Å². The van der Waals surface area contributed by atoms with Crippen molar-refractivity contribution in [2.45, 2.75) is 6.92 Å². The summed E-state index contributed by atoms with van der Waals surface area (Å²) in [6.07, 6.45) is 0. The van der Waals surface area contributed by atoms with E-state index < -0.39 is 11.9 Å². The Morgan fingerprint density at radius 1 is 1.44 bits per heavy atom. The third-order valence-electron chi connectivity index (χ3n) is 1.57. The van der Waals surface area contributed by atoms with Gasteiger partial charge in [0, 0.05) is 18.7 Å². The number of hydrogen-bond donors (Lipinski definition) is 2. The zero-order valence-electron chi connectivity index (χ0n) is 9.45. The van der Waals surface area contributed by atoms with Crippen LogP contribution in [0, 0.1) is 0 Å². The lowest BCUT2D eigenvalue weighted by atomic mass is 10.3. The molecule has 0 rings (SSSR count). The van der Waals surface area contributed by atoms with E-state index in [0.29, 0.717) is 31.9 Å². The van der Waals surface area contributed by atoms with Crippen LogP contribution in [0.2, 0.25) is 0 Å². The van der Waals surface area contributed by atoms with Crippen molar-refractivity contribution < 1.29 is 19.1 Å². The Morgan fingerprint density at radius 2 is 2.12 bits per heavy atom. The second kappa shape index (κ2) is 8.87. The van der Waals surface area contributed by atoms with Crippen LogP contribution in [0.15, 0.2) is 12.2 Å². The lowest BCUT2D eigenvalue weighted by molar-refractivity contribution is -0.138. The molecule has 0 unspecified atom stereocenters. The minimum Gasteiger partial charge on any atom is -0.463 e. The fourth-order valence-electron chi connectivity index (χ4n) is 0.862. The summed E-state index contributed by atoms with van der Waals surface area (Å²) in [5, 5.41) is 2.92. The molecule has 92 valence electrons. The molecule has 0 aliphatic carbocycles. The Labute approximate surface area is 94.8 Å². The standard InChI is InChI=1S/C10H18N2O4/c1-3-16-10(14)8(2)6-12-4-5-15-7-9(11)13/h12H,2-7H2,1H3,(H2,11,13). The first-order chi connectivity index (χ1) is 7.57. The highest BCUT2D eigenvalue weighted by molar-refractivity contribution is 5.88. The Hall–Kier alpha value is -1.40. The van der Waals surface area contributed by atoms with Gasteiger partial charge in [0.25, 0.3) is 0 Å². The Morgan fingerprint density at radius 3 is 2.69 bits per heavy atom. The summed E-state index contributed by atoms with van der Waals surface area (Å²) in [7, 11) is 0. The molecule has 0 fully saturated rings. The van der Waals surface area contributed by atoms with E-state index in [-0.39, 0.29) is 6.61 Å². The molecule has 0 atom stereocenters. The van der Waals surface area contributed by atoms with E-state index in [2.05, 4.69) is 11.9 Å². The summed E-state index contributed by atoms with van der Waals surface area (Å²) < 4.78 is 9.64. The first-order valence-corrected chi connectivity index (χ1v) is 4.99. The number of carbonyl (C=O) groups excluding carboxylic acids is 2. The number of rotatable bonds is 9. The fraction of sp³-hybridized carbons (Fsp3) is 0.600. The highest BCUT2D eigenvalue weighted by Gasteiger charge is 2.06. The molecule has 0 aliphatic rings. The Balaban J connectivity index is 3.41. The molecule has 6 nitrogen and oxygen atoms in total. The van der Waals surface area contributed by atoms with Crippen LogP contribution in [0.3, 0.4) is 0 Å². The first-order valence-electron chi connectivity index (χ1n) is 4.99. The molecular weight excluding hydrogens is 212 g/mol. The van der Waals surface area contributed by atoms with Crippen LogP contribution >= 0.6 is 0 Å². The molecule has 0 radical (unpaired) electrons. The van der Waals surface area contributed by atoms with E-state index >= 15 is 0 Å². The molecule has 0 saturated carbocycles. The zero-order valence-corrected chi connectivity index (χ0v) is 9.45. The smallest absolute Gasteiger partial charge is 0.334 e. The highest BCUT2D eigenvalue weighted by atomic mass is 16.5. The van der Waals surface area contributed by atoms with Crippen LogP contribution in [-0.2, 0) is 19.1 Å². The summed E-state index contributed by atoms with van der Waals surface area (Å²) in [5.41, 5.74) is 5.23. The van der Waals surface area contributed by atoms with Crippen LogP contribution in [0.4, 0.5) is 0 Å². The van der Waals surface area contributed by atoms with Gasteiger partial charge in [-0.25, -0.2) is 4.79 Å². The quantitative estimate of drug-likeness (QED) is 0.307. The van der Waals surface area contributed by atoms with Gasteiger partial charge in [-0.15, -0.1) is 0 Å². The molecule has 3 N–H and O–H groups in total. The average Bonchev–Trinajstić information content (AvgIpc) is 2.22. The Kier molecular flexibility index (Phi) is 8.10. The van der Waals surface area contributed by atoms with Crippen LogP contribution in [-0.4, -0.2) is 44.8 Å². The van der Waals surface area contributed by atoms with Gasteiger partial charge >= 0.3 is 5.97 Å². The Bertz CT molecular complexity index is 253. The number of amides is 1. The SMILES string of the molecule is C=C(CNCCOCC(N)=O)C(=O)OCC. The van der Waals surface area contributed by atoms with Crippen LogP contribution in [0.1, 0.15) is 6.92 Å². The second-order valence-corrected chi connectivity index (χ2v) is 3.02. The maximum Gasteiger partial charge on any atom is 0.334 e. The zero-order chi connectivity index (χ0) is 12.4. The van der Waals surface area contributed by atoms with E-state index in [4.69, 9.17) is 15.2 Å². The van der Waals surface area contributed by atoms with Gasteiger partial charge in [0.1, 0.15) is 6.61 Å². The molecular formula is C10H18N2O4. The summed E-state index contributed by atoms with van der Waals surface area (Å²) in [5.74, 6) is -0.913. The molecule has 0 spiro atoms. The molecule has 16 heavy (non-hydrogen) atoms. The predicted molar refractivity (Wildman–Crippen MR) is 58.7 cm³/mol. The van der Waals surface area contributed by atoms with E-state index in [0.717, 1.165) is 0 Å². The molecule has 6 heteroatoms. The predicted octanol–water partition coefficient (Wildman–Crippen LogP) is -0.803. The number of hydrogen-bond acceptors (Lipinski definition) is 5. The first kappa shape index (κ1) is 14.6. The normalized spacial score (nSPS) is 9.81. The van der Waals surface area contributed by atoms with Crippen molar-refractivity contribution in [1.29, 1.82) is 0 Å². The van der Waals surface area contributed by atoms with Gasteiger partial charge in [-0.05, 0) is 6.92 Å². The van der Waals surface area contributed by atoms with Gasteiger partial charge in [0.15, 0.2) is 0 Å². The number of nitrogens with one attached hydrogen (secondary N) is 1. The molecule has 0 heterocycles. The molecule has 1 amide bonds. The molecule has 0 aliphatic heterocycles. The number of nitrogens with two attached hydrogens (primary N) is 1. The molecule has 0 bridgehead atoms. The summed E-state index contributed by atoms with van der Waals surface area (Å²) in [6, 6.07) is 0.